The zero-order valence-corrected chi connectivity index (χ0v) is 13.8. The molecule has 4 nitrogen and oxygen atoms in total. The molecule has 2 rings (SSSR count). The fraction of sp³-hybridized carbons (Fsp3) is 0.294. The number of hydrogen-bond acceptors (Lipinski definition) is 4. The van der Waals surface area contributed by atoms with Gasteiger partial charge in [0.1, 0.15) is 5.75 Å². The number of benzene rings is 1. The van der Waals surface area contributed by atoms with E-state index in [9.17, 15) is 4.79 Å². The fourth-order valence-corrected chi connectivity index (χ4v) is 2.59. The molecule has 1 amide bonds. The van der Waals surface area contributed by atoms with Crippen LogP contribution in [-0.4, -0.2) is 22.7 Å². The third kappa shape index (κ3) is 4.77. The summed E-state index contributed by atoms with van der Waals surface area (Å²) in [5, 5.41) is 3.53. The third-order valence-corrected chi connectivity index (χ3v) is 4.03. The van der Waals surface area contributed by atoms with E-state index in [-0.39, 0.29) is 11.2 Å². The van der Waals surface area contributed by atoms with Crippen LogP contribution in [0.15, 0.2) is 47.6 Å². The SMILES string of the molecule is CCOc1ccc(NC(=O)C(C)Sc2ccc(C)cn2)cc1. The molecule has 1 N–H and O–H groups in total. The lowest BCUT2D eigenvalue weighted by Gasteiger charge is -2.12. The summed E-state index contributed by atoms with van der Waals surface area (Å²) < 4.78 is 5.38. The Balaban J connectivity index is 1.91. The Labute approximate surface area is 135 Å². The monoisotopic (exact) mass is 316 g/mol. The Kier molecular flexibility index (Phi) is 5.83. The second-order valence-electron chi connectivity index (χ2n) is 4.88. The van der Waals surface area contributed by atoms with Gasteiger partial charge in [-0.1, -0.05) is 17.8 Å². The van der Waals surface area contributed by atoms with E-state index in [1.54, 1.807) is 6.20 Å². The van der Waals surface area contributed by atoms with E-state index in [0.29, 0.717) is 6.61 Å². The number of pyridine rings is 1. The average molecular weight is 316 g/mol. The van der Waals surface area contributed by atoms with Crippen LogP contribution in [0.4, 0.5) is 5.69 Å². The molecule has 1 heterocycles. The molecule has 1 aromatic heterocycles. The van der Waals surface area contributed by atoms with Gasteiger partial charge in [-0.05, 0) is 56.7 Å². The minimum absolute atomic E-state index is 0.0449. The highest BCUT2D eigenvalue weighted by molar-refractivity contribution is 8.00. The van der Waals surface area contributed by atoms with Gasteiger partial charge in [0.05, 0.1) is 16.9 Å². The maximum atomic E-state index is 12.2. The van der Waals surface area contributed by atoms with Crippen LogP contribution in [0.5, 0.6) is 5.75 Å². The number of hydrogen-bond donors (Lipinski definition) is 1. The van der Waals surface area contributed by atoms with Gasteiger partial charge in [0.25, 0.3) is 0 Å². The lowest BCUT2D eigenvalue weighted by molar-refractivity contribution is -0.115. The van der Waals surface area contributed by atoms with Gasteiger partial charge in [0.2, 0.25) is 5.91 Å². The van der Waals surface area contributed by atoms with E-state index in [4.69, 9.17) is 4.74 Å². The Hall–Kier alpha value is -2.01. The van der Waals surface area contributed by atoms with Crippen molar-refractivity contribution in [1.29, 1.82) is 0 Å². The number of thioether (sulfide) groups is 1. The van der Waals surface area contributed by atoms with Crippen LogP contribution < -0.4 is 10.1 Å². The van der Waals surface area contributed by atoms with Gasteiger partial charge in [-0.3, -0.25) is 4.79 Å². The zero-order chi connectivity index (χ0) is 15.9. The molecule has 1 aromatic carbocycles. The van der Waals surface area contributed by atoms with Gasteiger partial charge >= 0.3 is 0 Å². The molecule has 0 fully saturated rings. The van der Waals surface area contributed by atoms with Crippen LogP contribution in [0.3, 0.4) is 0 Å². The Bertz CT molecular complexity index is 612. The summed E-state index contributed by atoms with van der Waals surface area (Å²) in [6.45, 7) is 6.43. The number of aryl methyl sites for hydroxylation is 1. The summed E-state index contributed by atoms with van der Waals surface area (Å²) >= 11 is 1.44. The first-order valence-corrected chi connectivity index (χ1v) is 8.09. The standard InChI is InChI=1S/C17H20N2O2S/c1-4-21-15-8-6-14(7-9-15)19-17(20)13(3)22-16-10-5-12(2)11-18-16/h5-11,13H,4H2,1-3H3,(H,19,20). The second-order valence-corrected chi connectivity index (χ2v) is 6.24. The highest BCUT2D eigenvalue weighted by Crippen LogP contribution is 2.23. The van der Waals surface area contributed by atoms with Crippen molar-refractivity contribution in [1.82, 2.24) is 4.98 Å². The number of anilines is 1. The van der Waals surface area contributed by atoms with Crippen LogP contribution in [0.2, 0.25) is 0 Å². The predicted octanol–water partition coefficient (Wildman–Crippen LogP) is 3.91. The number of aromatic nitrogens is 1. The summed E-state index contributed by atoms with van der Waals surface area (Å²) in [7, 11) is 0. The van der Waals surface area contributed by atoms with Gasteiger partial charge in [-0.2, -0.15) is 0 Å². The summed E-state index contributed by atoms with van der Waals surface area (Å²) in [6, 6.07) is 11.3. The fourth-order valence-electron chi connectivity index (χ4n) is 1.80. The zero-order valence-electron chi connectivity index (χ0n) is 13.0. The smallest absolute Gasteiger partial charge is 0.237 e. The van der Waals surface area contributed by atoms with Crippen molar-refractivity contribution in [3.05, 3.63) is 48.2 Å². The van der Waals surface area contributed by atoms with Crippen LogP contribution in [0.1, 0.15) is 19.4 Å². The first-order valence-electron chi connectivity index (χ1n) is 7.21. The topological polar surface area (TPSA) is 51.2 Å². The number of nitrogens with one attached hydrogen (secondary N) is 1. The minimum Gasteiger partial charge on any atom is -0.494 e. The van der Waals surface area contributed by atoms with Gasteiger partial charge < -0.3 is 10.1 Å². The van der Waals surface area contributed by atoms with Gasteiger partial charge in [-0.25, -0.2) is 4.98 Å². The number of rotatable bonds is 6. The molecular formula is C17H20N2O2S. The predicted molar refractivity (Wildman–Crippen MR) is 90.5 cm³/mol. The lowest BCUT2D eigenvalue weighted by atomic mass is 10.3. The maximum Gasteiger partial charge on any atom is 0.237 e. The number of amides is 1. The van der Waals surface area contributed by atoms with Crippen LogP contribution in [0, 0.1) is 6.92 Å². The molecule has 0 aliphatic heterocycles. The van der Waals surface area contributed by atoms with Crippen molar-refractivity contribution < 1.29 is 9.53 Å². The molecule has 0 radical (unpaired) electrons. The third-order valence-electron chi connectivity index (χ3n) is 2.98. The van der Waals surface area contributed by atoms with Crippen molar-refractivity contribution in [3.8, 4) is 5.75 Å². The molecule has 1 atom stereocenters. The van der Waals surface area contributed by atoms with E-state index in [2.05, 4.69) is 10.3 Å². The normalized spacial score (nSPS) is 11.8. The molecule has 0 saturated carbocycles. The molecule has 2 aromatic rings. The molecule has 0 aliphatic carbocycles. The number of carbonyl (C=O) groups excluding carboxylic acids is 1. The number of ether oxygens (including phenoxy) is 1. The molecule has 0 bridgehead atoms. The summed E-state index contributed by atoms with van der Waals surface area (Å²) in [4.78, 5) is 16.5. The first kappa shape index (κ1) is 16.4. The number of nitrogens with zero attached hydrogens (tertiary/aromatic N) is 1. The lowest BCUT2D eigenvalue weighted by Crippen LogP contribution is -2.22. The van der Waals surface area contributed by atoms with Crippen LogP contribution in [0.25, 0.3) is 0 Å². The maximum absolute atomic E-state index is 12.2. The average Bonchev–Trinajstić information content (AvgIpc) is 2.51. The highest BCUT2D eigenvalue weighted by atomic mass is 32.2. The summed E-state index contributed by atoms with van der Waals surface area (Å²) in [5.41, 5.74) is 1.87. The minimum atomic E-state index is -0.221. The summed E-state index contributed by atoms with van der Waals surface area (Å²) in [6.07, 6.45) is 1.80. The second kappa shape index (κ2) is 7.84. The quantitative estimate of drug-likeness (QED) is 0.821. The van der Waals surface area contributed by atoms with Gasteiger partial charge in [0, 0.05) is 11.9 Å². The van der Waals surface area contributed by atoms with E-state index in [0.717, 1.165) is 22.0 Å². The largest absolute Gasteiger partial charge is 0.494 e. The van der Waals surface area contributed by atoms with Crippen molar-refractivity contribution in [2.75, 3.05) is 11.9 Å². The van der Waals surface area contributed by atoms with Crippen molar-refractivity contribution in [3.63, 3.8) is 0 Å². The van der Waals surface area contributed by atoms with E-state index < -0.39 is 0 Å². The molecule has 0 saturated heterocycles. The molecule has 0 aliphatic rings. The highest BCUT2D eigenvalue weighted by Gasteiger charge is 2.15. The molecule has 5 heteroatoms. The molecular weight excluding hydrogens is 296 g/mol. The Morgan fingerprint density at radius 1 is 1.27 bits per heavy atom. The molecule has 1 unspecified atom stereocenters. The van der Waals surface area contributed by atoms with Crippen LogP contribution in [-0.2, 0) is 4.79 Å². The summed E-state index contributed by atoms with van der Waals surface area (Å²) in [5.74, 6) is 0.753. The van der Waals surface area contributed by atoms with Gasteiger partial charge in [0.15, 0.2) is 0 Å². The molecule has 0 spiro atoms. The van der Waals surface area contributed by atoms with Crippen molar-refractivity contribution in [2.45, 2.75) is 31.0 Å². The first-order chi connectivity index (χ1) is 10.6. The molecule has 22 heavy (non-hydrogen) atoms. The van der Waals surface area contributed by atoms with Crippen LogP contribution >= 0.6 is 11.8 Å². The molecule has 116 valence electrons. The van der Waals surface area contributed by atoms with E-state index in [1.165, 1.54) is 11.8 Å². The van der Waals surface area contributed by atoms with E-state index in [1.807, 2.05) is 57.2 Å². The van der Waals surface area contributed by atoms with E-state index >= 15 is 0 Å². The van der Waals surface area contributed by atoms with Crippen molar-refractivity contribution >= 4 is 23.4 Å². The number of carbonyl (C=O) groups is 1. The van der Waals surface area contributed by atoms with Crippen molar-refractivity contribution in [2.24, 2.45) is 0 Å². The Morgan fingerprint density at radius 3 is 2.59 bits per heavy atom. The van der Waals surface area contributed by atoms with Gasteiger partial charge in [-0.15, -0.1) is 0 Å². The Morgan fingerprint density at radius 2 is 2.00 bits per heavy atom.